The van der Waals surface area contributed by atoms with Crippen molar-refractivity contribution in [1.29, 1.82) is 5.41 Å². The van der Waals surface area contributed by atoms with Gasteiger partial charge in [0.1, 0.15) is 11.6 Å². The van der Waals surface area contributed by atoms with Crippen molar-refractivity contribution in [1.82, 2.24) is 10.3 Å². The number of nitrogens with zero attached hydrogens (tertiary/aromatic N) is 2. The summed E-state index contributed by atoms with van der Waals surface area (Å²) in [4.78, 5) is 0. The molecule has 3 rings (SSSR count). The molecule has 2 aliphatic heterocycles. The molecule has 0 saturated heterocycles. The number of rotatable bonds is 3. The molecule has 0 atom stereocenters. The zero-order chi connectivity index (χ0) is 17.3. The van der Waals surface area contributed by atoms with E-state index in [1.165, 1.54) is 17.1 Å². The summed E-state index contributed by atoms with van der Waals surface area (Å²) in [5, 5.41) is 17.2. The van der Waals surface area contributed by atoms with Gasteiger partial charge in [-0.1, -0.05) is 12.1 Å². The Morgan fingerprint density at radius 1 is 1.29 bits per heavy atom. The average Bonchev–Trinajstić information content (AvgIpc) is 2.51. The lowest BCUT2D eigenvalue weighted by molar-refractivity contribution is -0.274. The maximum absolute atomic E-state index is 12.2. The largest absolute Gasteiger partial charge is 0.573 e. The van der Waals surface area contributed by atoms with Crippen LogP contribution in [0.4, 0.5) is 13.2 Å². The van der Waals surface area contributed by atoms with Crippen molar-refractivity contribution in [2.45, 2.75) is 26.1 Å². The Labute approximate surface area is 136 Å². The number of hydrogen-bond acceptors (Lipinski definition) is 4. The predicted molar refractivity (Wildman–Crippen MR) is 83.4 cm³/mol. The summed E-state index contributed by atoms with van der Waals surface area (Å²) in [5.41, 5.74) is 2.34. The molecule has 8 heteroatoms. The van der Waals surface area contributed by atoms with Crippen LogP contribution >= 0.6 is 0 Å². The second-order valence-corrected chi connectivity index (χ2v) is 5.38. The number of hydrogen-bond donors (Lipinski definition) is 2. The van der Waals surface area contributed by atoms with Gasteiger partial charge in [-0.2, -0.15) is 10.1 Å². The average molecular weight is 336 g/mol. The molecule has 0 spiro atoms. The maximum atomic E-state index is 12.2. The monoisotopic (exact) mass is 336 g/mol. The molecule has 1 aromatic rings. The van der Waals surface area contributed by atoms with Crippen LogP contribution in [0.1, 0.15) is 18.9 Å². The number of ether oxygens (including phenoxy) is 1. The molecular formula is C16H15F3N4O. The number of allylic oxidation sites excluding steroid dienone is 2. The highest BCUT2D eigenvalue weighted by Gasteiger charge is 2.31. The summed E-state index contributed by atoms with van der Waals surface area (Å²) in [7, 11) is 0. The normalized spacial score (nSPS) is 17.4. The van der Waals surface area contributed by atoms with Crippen molar-refractivity contribution in [3.8, 4) is 5.75 Å². The highest BCUT2D eigenvalue weighted by atomic mass is 19.4. The van der Waals surface area contributed by atoms with E-state index in [0.29, 0.717) is 12.8 Å². The molecule has 0 bridgehead atoms. The lowest BCUT2D eigenvalue weighted by Gasteiger charge is -2.33. The molecule has 0 aromatic heterocycles. The Hall–Kier alpha value is -2.77. The molecule has 0 radical (unpaired) electrons. The van der Waals surface area contributed by atoms with E-state index in [-0.39, 0.29) is 11.6 Å². The van der Waals surface area contributed by atoms with Crippen LogP contribution in [0, 0.1) is 5.41 Å². The Balaban J connectivity index is 1.78. The Morgan fingerprint density at radius 3 is 2.67 bits per heavy atom. The molecule has 0 unspecified atom stereocenters. The molecule has 2 aliphatic rings. The van der Waals surface area contributed by atoms with Gasteiger partial charge in [0.05, 0.1) is 0 Å². The van der Waals surface area contributed by atoms with Gasteiger partial charge in [-0.25, -0.2) is 0 Å². The fraction of sp³-hybridized carbons (Fsp3) is 0.250. The summed E-state index contributed by atoms with van der Waals surface area (Å²) in [6.45, 7) is 1.86. The summed E-state index contributed by atoms with van der Waals surface area (Å²) >= 11 is 0. The summed E-state index contributed by atoms with van der Waals surface area (Å²) in [6, 6.07) is 5.64. The highest BCUT2D eigenvalue weighted by molar-refractivity contribution is 5.99. The molecule has 5 nitrogen and oxygen atoms in total. The van der Waals surface area contributed by atoms with Crippen LogP contribution in [0.15, 0.2) is 52.5 Å². The number of benzene rings is 1. The zero-order valence-corrected chi connectivity index (χ0v) is 12.8. The topological polar surface area (TPSA) is 60.7 Å². The Kier molecular flexibility index (Phi) is 4.04. The maximum Gasteiger partial charge on any atom is 0.573 e. The van der Waals surface area contributed by atoms with Crippen LogP contribution in [-0.2, 0) is 6.42 Å². The molecule has 0 saturated carbocycles. The minimum absolute atomic E-state index is 0.254. The van der Waals surface area contributed by atoms with E-state index >= 15 is 0 Å². The van der Waals surface area contributed by atoms with Crippen LogP contribution in [0.5, 0.6) is 5.75 Å². The third kappa shape index (κ3) is 3.42. The smallest absolute Gasteiger partial charge is 0.406 e. The van der Waals surface area contributed by atoms with Crippen molar-refractivity contribution < 1.29 is 17.9 Å². The standard InChI is InChI=1S/C16H15F3N4O/c1-10-13(15(20)23-14(22-10)3-2-8-21-23)9-11-4-6-12(7-5-11)24-16(17,18)19/h3-8,20,22H,2,9H2,1H3. The van der Waals surface area contributed by atoms with Crippen molar-refractivity contribution in [3.63, 3.8) is 0 Å². The van der Waals surface area contributed by atoms with Crippen molar-refractivity contribution in [3.05, 3.63) is 53.0 Å². The van der Waals surface area contributed by atoms with E-state index in [0.717, 1.165) is 22.7 Å². The zero-order valence-electron chi connectivity index (χ0n) is 12.8. The van der Waals surface area contributed by atoms with E-state index in [4.69, 9.17) is 5.41 Å². The van der Waals surface area contributed by atoms with Crippen LogP contribution in [0.2, 0.25) is 0 Å². The summed E-state index contributed by atoms with van der Waals surface area (Å²) in [5.74, 6) is 0.737. The van der Waals surface area contributed by atoms with Gasteiger partial charge in [-0.15, -0.1) is 13.2 Å². The first-order chi connectivity index (χ1) is 11.3. The number of hydrazone groups is 1. The fourth-order valence-electron chi connectivity index (χ4n) is 2.53. The summed E-state index contributed by atoms with van der Waals surface area (Å²) < 4.78 is 40.4. The van der Waals surface area contributed by atoms with E-state index < -0.39 is 6.36 Å². The molecule has 0 amide bonds. The lowest BCUT2D eigenvalue weighted by atomic mass is 10.0. The third-order valence-corrected chi connectivity index (χ3v) is 3.65. The lowest BCUT2D eigenvalue weighted by Crippen LogP contribution is -2.40. The quantitative estimate of drug-likeness (QED) is 0.888. The van der Waals surface area contributed by atoms with E-state index in [1.54, 1.807) is 18.3 Å². The third-order valence-electron chi connectivity index (χ3n) is 3.65. The van der Waals surface area contributed by atoms with Gasteiger partial charge < -0.3 is 10.1 Å². The second-order valence-electron chi connectivity index (χ2n) is 5.38. The van der Waals surface area contributed by atoms with E-state index in [2.05, 4.69) is 15.2 Å². The van der Waals surface area contributed by atoms with Gasteiger partial charge in [0.2, 0.25) is 0 Å². The van der Waals surface area contributed by atoms with E-state index in [1.807, 2.05) is 13.0 Å². The van der Waals surface area contributed by atoms with E-state index in [9.17, 15) is 13.2 Å². The predicted octanol–water partition coefficient (Wildman–Crippen LogP) is 3.52. The fourth-order valence-corrected chi connectivity index (χ4v) is 2.53. The number of alkyl halides is 3. The first-order valence-electron chi connectivity index (χ1n) is 7.26. The molecule has 2 heterocycles. The molecule has 126 valence electrons. The first-order valence-corrected chi connectivity index (χ1v) is 7.26. The van der Waals surface area contributed by atoms with Gasteiger partial charge in [0.25, 0.3) is 0 Å². The molecule has 0 aliphatic carbocycles. The number of amidine groups is 1. The molecule has 2 N–H and O–H groups in total. The first kappa shape index (κ1) is 16.1. The minimum atomic E-state index is -4.70. The van der Waals surface area contributed by atoms with Crippen molar-refractivity contribution in [2.24, 2.45) is 5.10 Å². The number of halogens is 3. The molecular weight excluding hydrogens is 321 g/mol. The van der Waals surface area contributed by atoms with Crippen molar-refractivity contribution >= 4 is 12.1 Å². The Morgan fingerprint density at radius 2 is 2.00 bits per heavy atom. The minimum Gasteiger partial charge on any atom is -0.406 e. The number of nitrogens with one attached hydrogen (secondary N) is 2. The van der Waals surface area contributed by atoms with Gasteiger partial charge in [-0.3, -0.25) is 5.41 Å². The van der Waals surface area contributed by atoms with Crippen LogP contribution < -0.4 is 10.1 Å². The highest BCUT2D eigenvalue weighted by Crippen LogP contribution is 2.26. The van der Waals surface area contributed by atoms with Crippen LogP contribution in [-0.4, -0.2) is 23.4 Å². The van der Waals surface area contributed by atoms with Gasteiger partial charge in [0.15, 0.2) is 5.84 Å². The van der Waals surface area contributed by atoms with Gasteiger partial charge >= 0.3 is 6.36 Å². The van der Waals surface area contributed by atoms with Gasteiger partial charge in [-0.05, 0) is 30.7 Å². The van der Waals surface area contributed by atoms with Crippen LogP contribution in [0.3, 0.4) is 0 Å². The molecule has 24 heavy (non-hydrogen) atoms. The SMILES string of the molecule is CC1=C(Cc2ccc(OC(F)(F)F)cc2)C(=N)N2N=CCC=C2N1. The Bertz CT molecular complexity index is 748. The molecule has 1 aromatic carbocycles. The molecule has 0 fully saturated rings. The van der Waals surface area contributed by atoms with Crippen LogP contribution in [0.25, 0.3) is 0 Å². The van der Waals surface area contributed by atoms with Gasteiger partial charge in [0, 0.05) is 30.3 Å². The van der Waals surface area contributed by atoms with Crippen molar-refractivity contribution in [2.75, 3.05) is 0 Å². The second kappa shape index (κ2) is 6.03. The summed E-state index contributed by atoms with van der Waals surface area (Å²) in [6.07, 6.45) is 0.0516. The number of fused-ring (bicyclic) bond motifs is 1.